The molecule has 0 N–H and O–H groups in total. The summed E-state index contributed by atoms with van der Waals surface area (Å²) in [6.45, 7) is 8.84. The molecule has 1 radical (unpaired) electrons. The molecule has 0 fully saturated rings. The van der Waals surface area contributed by atoms with E-state index in [-0.39, 0.29) is 0 Å². The molecule has 0 rings (SSSR count). The highest BCUT2D eigenvalue weighted by atomic mass is 16.8. The summed E-state index contributed by atoms with van der Waals surface area (Å²) >= 11 is 0. The van der Waals surface area contributed by atoms with Crippen LogP contribution in [0.2, 0.25) is 0 Å². The average Bonchev–Trinajstić information content (AvgIpc) is 2.29. The maximum absolute atomic E-state index is 5.45. The van der Waals surface area contributed by atoms with E-state index in [1.54, 1.807) is 0 Å². The van der Waals surface area contributed by atoms with Crippen LogP contribution in [0.5, 0.6) is 0 Å². The molecule has 0 aromatic heterocycles. The highest BCUT2D eigenvalue weighted by Gasteiger charge is 2.12. The third-order valence-corrected chi connectivity index (χ3v) is 2.15. The molecule has 0 heterocycles. The summed E-state index contributed by atoms with van der Waals surface area (Å²) in [7, 11) is 0. The number of rotatable bonds is 12. The second kappa shape index (κ2) is 12.9. The smallest absolute Gasteiger partial charge is 0.321 e. The summed E-state index contributed by atoms with van der Waals surface area (Å²) in [6, 6.07) is 0. The molecule has 0 saturated carbocycles. The van der Waals surface area contributed by atoms with E-state index in [1.165, 1.54) is 0 Å². The fraction of sp³-hybridized carbons (Fsp3) is 0.923. The highest BCUT2D eigenvalue weighted by molar-refractivity contribution is 4.50. The first-order valence-corrected chi connectivity index (χ1v) is 6.60. The largest absolute Gasteiger partial charge is 0.370 e. The minimum atomic E-state index is 0.371. The molecule has 0 aliphatic carbocycles. The lowest BCUT2D eigenvalue weighted by Gasteiger charge is -2.15. The number of hydrogen-bond acceptors (Lipinski definition) is 3. The lowest BCUT2D eigenvalue weighted by Crippen LogP contribution is -2.14. The molecular weight excluding hydrogens is 204 g/mol. The lowest BCUT2D eigenvalue weighted by molar-refractivity contribution is -0.188. The van der Waals surface area contributed by atoms with Crippen LogP contribution >= 0.6 is 0 Å². The fourth-order valence-corrected chi connectivity index (χ4v) is 1.02. The number of hydrogen-bond donors (Lipinski definition) is 0. The van der Waals surface area contributed by atoms with Gasteiger partial charge in [0.15, 0.2) is 0 Å². The van der Waals surface area contributed by atoms with Crippen LogP contribution in [0.25, 0.3) is 0 Å². The van der Waals surface area contributed by atoms with Gasteiger partial charge in [-0.1, -0.05) is 40.0 Å². The molecule has 0 saturated heterocycles. The highest BCUT2D eigenvalue weighted by Crippen LogP contribution is 2.10. The zero-order valence-corrected chi connectivity index (χ0v) is 11.1. The Bertz CT molecular complexity index is 105. The van der Waals surface area contributed by atoms with Gasteiger partial charge in [-0.15, -0.1) is 0 Å². The van der Waals surface area contributed by atoms with Crippen LogP contribution in [0, 0.1) is 6.48 Å². The molecule has 0 atom stereocenters. The minimum absolute atomic E-state index is 0.371. The van der Waals surface area contributed by atoms with E-state index in [4.69, 9.17) is 14.2 Å². The number of ether oxygens (including phenoxy) is 3. The molecular formula is C13H27O3. The third kappa shape index (κ3) is 10.4. The van der Waals surface area contributed by atoms with Crippen molar-refractivity contribution in [2.45, 2.75) is 59.3 Å². The van der Waals surface area contributed by atoms with Gasteiger partial charge in [-0.25, -0.2) is 0 Å². The van der Waals surface area contributed by atoms with Crippen LogP contribution in [0.3, 0.4) is 0 Å². The van der Waals surface area contributed by atoms with Gasteiger partial charge in [0, 0.05) is 0 Å². The second-order valence-corrected chi connectivity index (χ2v) is 3.86. The zero-order chi connectivity index (χ0) is 12.1. The maximum atomic E-state index is 5.45. The van der Waals surface area contributed by atoms with Crippen molar-refractivity contribution in [1.82, 2.24) is 0 Å². The molecule has 16 heavy (non-hydrogen) atoms. The Morgan fingerprint density at radius 3 is 1.19 bits per heavy atom. The normalized spacial score (nSPS) is 11.2. The van der Waals surface area contributed by atoms with E-state index in [2.05, 4.69) is 20.8 Å². The molecule has 0 aromatic carbocycles. The summed E-state index contributed by atoms with van der Waals surface area (Å²) in [5, 5.41) is 0. The van der Waals surface area contributed by atoms with Crippen molar-refractivity contribution in [3.05, 3.63) is 6.48 Å². The fourth-order valence-electron chi connectivity index (χ4n) is 1.02. The summed E-state index contributed by atoms with van der Waals surface area (Å²) < 4.78 is 16.3. The van der Waals surface area contributed by atoms with E-state index >= 15 is 0 Å². The van der Waals surface area contributed by atoms with E-state index in [9.17, 15) is 0 Å². The standard InChI is InChI=1S/C13H27O3/c1-4-7-10-14-13(15-11-8-5-2)16-12-9-6-3/h4-12H2,1-3H3. The molecule has 97 valence electrons. The van der Waals surface area contributed by atoms with Crippen LogP contribution in [0.1, 0.15) is 59.3 Å². The Labute approximate surface area is 100 Å². The van der Waals surface area contributed by atoms with Gasteiger partial charge in [0.2, 0.25) is 0 Å². The van der Waals surface area contributed by atoms with Gasteiger partial charge >= 0.3 is 6.48 Å². The predicted octanol–water partition coefficient (Wildman–Crippen LogP) is 3.88. The predicted molar refractivity (Wildman–Crippen MR) is 65.8 cm³/mol. The van der Waals surface area contributed by atoms with Gasteiger partial charge in [-0.05, 0) is 19.3 Å². The Morgan fingerprint density at radius 2 is 0.938 bits per heavy atom. The van der Waals surface area contributed by atoms with Crippen LogP contribution in [0.15, 0.2) is 0 Å². The van der Waals surface area contributed by atoms with Gasteiger partial charge in [-0.3, -0.25) is 0 Å². The van der Waals surface area contributed by atoms with E-state index in [0.29, 0.717) is 26.3 Å². The second-order valence-electron chi connectivity index (χ2n) is 3.86. The molecule has 3 nitrogen and oxygen atoms in total. The van der Waals surface area contributed by atoms with Crippen molar-refractivity contribution in [3.63, 3.8) is 0 Å². The molecule has 0 aliphatic rings. The van der Waals surface area contributed by atoms with Crippen LogP contribution in [-0.4, -0.2) is 19.8 Å². The zero-order valence-electron chi connectivity index (χ0n) is 11.1. The first-order chi connectivity index (χ1) is 7.85. The summed E-state index contributed by atoms with van der Waals surface area (Å²) in [6.07, 6.45) is 6.49. The summed E-state index contributed by atoms with van der Waals surface area (Å²) in [4.78, 5) is 0. The van der Waals surface area contributed by atoms with E-state index in [1.807, 2.05) is 0 Å². The summed E-state index contributed by atoms with van der Waals surface area (Å²) in [5.74, 6) is 0. The topological polar surface area (TPSA) is 27.7 Å². The van der Waals surface area contributed by atoms with Crippen molar-refractivity contribution in [3.8, 4) is 0 Å². The van der Waals surface area contributed by atoms with Crippen LogP contribution in [0.4, 0.5) is 0 Å². The van der Waals surface area contributed by atoms with Crippen molar-refractivity contribution in [2.24, 2.45) is 0 Å². The first-order valence-electron chi connectivity index (χ1n) is 6.60. The Morgan fingerprint density at radius 1 is 0.625 bits per heavy atom. The third-order valence-electron chi connectivity index (χ3n) is 2.15. The van der Waals surface area contributed by atoms with E-state index in [0.717, 1.165) is 38.5 Å². The van der Waals surface area contributed by atoms with E-state index < -0.39 is 0 Å². The Balaban J connectivity index is 3.58. The monoisotopic (exact) mass is 231 g/mol. The molecule has 0 aromatic rings. The molecule has 0 spiro atoms. The van der Waals surface area contributed by atoms with Crippen molar-refractivity contribution in [1.29, 1.82) is 0 Å². The van der Waals surface area contributed by atoms with Crippen LogP contribution in [-0.2, 0) is 14.2 Å². The quantitative estimate of drug-likeness (QED) is 0.477. The van der Waals surface area contributed by atoms with Gasteiger partial charge in [0.1, 0.15) is 0 Å². The lowest BCUT2D eigenvalue weighted by atomic mass is 10.4. The molecule has 0 aliphatic heterocycles. The van der Waals surface area contributed by atoms with Gasteiger partial charge in [0.05, 0.1) is 19.8 Å². The SMILES string of the molecule is CCCCO[C](OCCCC)OCCCC. The molecule has 0 amide bonds. The molecule has 0 bridgehead atoms. The van der Waals surface area contributed by atoms with Crippen molar-refractivity contribution < 1.29 is 14.2 Å². The van der Waals surface area contributed by atoms with Gasteiger partial charge in [0.25, 0.3) is 0 Å². The Hall–Kier alpha value is -0.120. The Kier molecular flexibility index (Phi) is 12.9. The molecule has 3 heteroatoms. The van der Waals surface area contributed by atoms with Crippen molar-refractivity contribution >= 4 is 0 Å². The van der Waals surface area contributed by atoms with Gasteiger partial charge in [-0.2, -0.15) is 0 Å². The summed E-state index contributed by atoms with van der Waals surface area (Å²) in [5.41, 5.74) is 0. The number of unbranched alkanes of at least 4 members (excludes halogenated alkanes) is 3. The van der Waals surface area contributed by atoms with Gasteiger partial charge < -0.3 is 14.2 Å². The average molecular weight is 231 g/mol. The maximum Gasteiger partial charge on any atom is 0.370 e. The molecule has 0 unspecified atom stereocenters. The minimum Gasteiger partial charge on any atom is -0.321 e. The van der Waals surface area contributed by atoms with Crippen LogP contribution < -0.4 is 0 Å². The first kappa shape index (κ1) is 15.9. The van der Waals surface area contributed by atoms with Crippen molar-refractivity contribution in [2.75, 3.05) is 19.8 Å².